The predicted molar refractivity (Wildman–Crippen MR) is 116 cm³/mol. The van der Waals surface area contributed by atoms with Gasteiger partial charge in [-0.25, -0.2) is 4.68 Å². The number of nitrogens with one attached hydrogen (secondary N) is 1. The van der Waals surface area contributed by atoms with Crippen LogP contribution in [0.4, 0.5) is 5.69 Å². The molecule has 1 N–H and O–H groups in total. The zero-order chi connectivity index (χ0) is 20.4. The second kappa shape index (κ2) is 7.89. The molecule has 6 heteroatoms. The van der Waals surface area contributed by atoms with Crippen LogP contribution in [0.25, 0.3) is 22.0 Å². The van der Waals surface area contributed by atoms with Gasteiger partial charge in [0.15, 0.2) is 0 Å². The van der Waals surface area contributed by atoms with E-state index in [1.54, 1.807) is 18.2 Å². The molecule has 5 nitrogen and oxygen atoms in total. The minimum Gasteiger partial charge on any atom is -0.324 e. The summed E-state index contributed by atoms with van der Waals surface area (Å²) in [6, 6.07) is 22.4. The van der Waals surface area contributed by atoms with Crippen LogP contribution in [-0.4, -0.2) is 15.7 Å². The van der Waals surface area contributed by atoms with Gasteiger partial charge < -0.3 is 5.32 Å². The van der Waals surface area contributed by atoms with Crippen molar-refractivity contribution in [2.24, 2.45) is 0 Å². The lowest BCUT2D eigenvalue weighted by molar-refractivity contribution is -0.117. The number of aromatic nitrogens is 2. The van der Waals surface area contributed by atoms with Crippen molar-refractivity contribution in [2.45, 2.75) is 13.5 Å². The maximum atomic E-state index is 12.5. The normalized spacial score (nSPS) is 10.8. The second-order valence-corrected chi connectivity index (χ2v) is 7.22. The second-order valence-electron chi connectivity index (χ2n) is 6.78. The number of halogens is 1. The van der Waals surface area contributed by atoms with E-state index in [-0.39, 0.29) is 18.0 Å². The Morgan fingerprint density at radius 3 is 2.62 bits per heavy atom. The van der Waals surface area contributed by atoms with Gasteiger partial charge in [-0.05, 0) is 47.5 Å². The van der Waals surface area contributed by atoms with Gasteiger partial charge in [0.05, 0.1) is 5.69 Å². The van der Waals surface area contributed by atoms with Crippen LogP contribution in [0.1, 0.15) is 5.56 Å². The van der Waals surface area contributed by atoms with Crippen molar-refractivity contribution < 1.29 is 4.79 Å². The zero-order valence-electron chi connectivity index (χ0n) is 15.7. The highest BCUT2D eigenvalue weighted by Crippen LogP contribution is 2.22. The van der Waals surface area contributed by atoms with Crippen molar-refractivity contribution in [1.82, 2.24) is 9.78 Å². The molecule has 1 heterocycles. The van der Waals surface area contributed by atoms with Crippen molar-refractivity contribution in [3.63, 3.8) is 0 Å². The maximum absolute atomic E-state index is 12.5. The van der Waals surface area contributed by atoms with Gasteiger partial charge in [0, 0.05) is 22.3 Å². The van der Waals surface area contributed by atoms with Crippen LogP contribution in [0, 0.1) is 6.92 Å². The summed E-state index contributed by atoms with van der Waals surface area (Å²) in [5.74, 6) is -0.347. The molecule has 3 aromatic carbocycles. The van der Waals surface area contributed by atoms with Crippen molar-refractivity contribution in [3.05, 3.63) is 93.7 Å². The van der Waals surface area contributed by atoms with E-state index in [2.05, 4.69) is 10.4 Å². The van der Waals surface area contributed by atoms with Gasteiger partial charge in [0.25, 0.3) is 5.56 Å². The fraction of sp³-hybridized carbons (Fsp3) is 0.0870. The Kier molecular flexibility index (Phi) is 5.14. The molecule has 0 saturated heterocycles. The third kappa shape index (κ3) is 4.20. The molecule has 4 aromatic rings. The number of anilines is 1. The Bertz CT molecular complexity index is 1280. The minimum atomic E-state index is -0.347. The Morgan fingerprint density at radius 2 is 1.79 bits per heavy atom. The number of aryl methyl sites for hydroxylation is 1. The molecule has 1 amide bonds. The third-order valence-corrected chi connectivity index (χ3v) is 4.91. The van der Waals surface area contributed by atoms with E-state index >= 15 is 0 Å². The molecule has 29 heavy (non-hydrogen) atoms. The quantitative estimate of drug-likeness (QED) is 0.538. The highest BCUT2D eigenvalue weighted by Gasteiger charge is 2.10. The van der Waals surface area contributed by atoms with E-state index in [0.717, 1.165) is 21.9 Å². The molecule has 0 aliphatic heterocycles. The molecule has 144 valence electrons. The van der Waals surface area contributed by atoms with Crippen LogP contribution in [0.5, 0.6) is 0 Å². The van der Waals surface area contributed by atoms with E-state index in [0.29, 0.717) is 16.4 Å². The number of nitrogens with zero attached hydrogens (tertiary/aromatic N) is 2. The zero-order valence-corrected chi connectivity index (χ0v) is 16.5. The van der Waals surface area contributed by atoms with E-state index in [1.165, 1.54) is 10.7 Å². The fourth-order valence-electron chi connectivity index (χ4n) is 3.12. The number of carbonyl (C=O) groups is 1. The van der Waals surface area contributed by atoms with Crippen LogP contribution < -0.4 is 10.9 Å². The SMILES string of the molecule is Cc1ccc(Cl)cc1NC(=O)Cn1nc(-c2ccc3ccccc3c2)ccc1=O. The smallest absolute Gasteiger partial charge is 0.267 e. The van der Waals surface area contributed by atoms with Gasteiger partial charge in [-0.1, -0.05) is 54.1 Å². The minimum absolute atomic E-state index is 0.188. The highest BCUT2D eigenvalue weighted by atomic mass is 35.5. The van der Waals surface area contributed by atoms with Gasteiger partial charge in [-0.15, -0.1) is 0 Å². The number of hydrogen-bond acceptors (Lipinski definition) is 3. The van der Waals surface area contributed by atoms with Gasteiger partial charge in [0.2, 0.25) is 5.91 Å². The summed E-state index contributed by atoms with van der Waals surface area (Å²) in [6.45, 7) is 1.68. The lowest BCUT2D eigenvalue weighted by Gasteiger charge is -2.11. The summed E-state index contributed by atoms with van der Waals surface area (Å²) in [7, 11) is 0. The Hall–Kier alpha value is -3.44. The predicted octanol–water partition coefficient (Wildman–Crippen LogP) is 4.66. The molecular weight excluding hydrogens is 386 g/mol. The van der Waals surface area contributed by atoms with Crippen LogP contribution in [0.2, 0.25) is 5.02 Å². The highest BCUT2D eigenvalue weighted by molar-refractivity contribution is 6.31. The van der Waals surface area contributed by atoms with Gasteiger partial charge in [0.1, 0.15) is 6.54 Å². The molecular formula is C23H18ClN3O2. The van der Waals surface area contributed by atoms with Gasteiger partial charge in [-0.2, -0.15) is 5.10 Å². The lowest BCUT2D eigenvalue weighted by atomic mass is 10.1. The maximum Gasteiger partial charge on any atom is 0.267 e. The standard InChI is InChI=1S/C23H18ClN3O2/c1-15-6-9-19(24)13-21(15)25-22(28)14-27-23(29)11-10-20(26-27)18-8-7-16-4-2-3-5-17(16)12-18/h2-13H,14H2,1H3,(H,25,28). The summed E-state index contributed by atoms with van der Waals surface area (Å²) in [4.78, 5) is 24.7. The molecule has 1 aromatic heterocycles. The largest absolute Gasteiger partial charge is 0.324 e. The average Bonchev–Trinajstić information content (AvgIpc) is 2.72. The first-order valence-corrected chi connectivity index (χ1v) is 9.51. The van der Waals surface area contributed by atoms with E-state index in [1.807, 2.05) is 55.5 Å². The first-order chi connectivity index (χ1) is 14.0. The molecule has 0 unspecified atom stereocenters. The van der Waals surface area contributed by atoms with Crippen molar-refractivity contribution >= 4 is 34.0 Å². The summed E-state index contributed by atoms with van der Waals surface area (Å²) in [6.07, 6.45) is 0. The van der Waals surface area contributed by atoms with Crippen LogP contribution >= 0.6 is 11.6 Å². The molecule has 0 atom stereocenters. The Balaban J connectivity index is 1.60. The molecule has 0 radical (unpaired) electrons. The van der Waals surface area contributed by atoms with Gasteiger partial charge in [-0.3, -0.25) is 9.59 Å². The number of rotatable bonds is 4. The third-order valence-electron chi connectivity index (χ3n) is 4.68. The molecule has 4 rings (SSSR count). The van der Waals surface area contributed by atoms with Crippen molar-refractivity contribution in [1.29, 1.82) is 0 Å². The van der Waals surface area contributed by atoms with Crippen LogP contribution in [0.15, 0.2) is 77.6 Å². The lowest BCUT2D eigenvalue weighted by Crippen LogP contribution is -2.29. The number of fused-ring (bicyclic) bond motifs is 1. The topological polar surface area (TPSA) is 64.0 Å². The number of hydrogen-bond donors (Lipinski definition) is 1. The Labute approximate surface area is 172 Å². The molecule has 0 fully saturated rings. The first-order valence-electron chi connectivity index (χ1n) is 9.13. The molecule has 0 aliphatic rings. The number of carbonyl (C=O) groups excluding carboxylic acids is 1. The number of amides is 1. The molecule has 0 bridgehead atoms. The van der Waals surface area contributed by atoms with Crippen molar-refractivity contribution in [2.75, 3.05) is 5.32 Å². The summed E-state index contributed by atoms with van der Waals surface area (Å²) in [5, 5.41) is 9.91. The first kappa shape index (κ1) is 18.9. The monoisotopic (exact) mass is 403 g/mol. The van der Waals surface area contributed by atoms with E-state index in [9.17, 15) is 9.59 Å². The number of benzene rings is 3. The van der Waals surface area contributed by atoms with Crippen molar-refractivity contribution in [3.8, 4) is 11.3 Å². The van der Waals surface area contributed by atoms with Crippen LogP contribution in [-0.2, 0) is 11.3 Å². The summed E-state index contributed by atoms with van der Waals surface area (Å²) >= 11 is 6.00. The summed E-state index contributed by atoms with van der Waals surface area (Å²) in [5.41, 5.74) is 2.66. The Morgan fingerprint density at radius 1 is 1.00 bits per heavy atom. The van der Waals surface area contributed by atoms with E-state index in [4.69, 9.17) is 11.6 Å². The molecule has 0 spiro atoms. The fourth-order valence-corrected chi connectivity index (χ4v) is 3.29. The molecule has 0 aliphatic carbocycles. The van der Waals surface area contributed by atoms with Gasteiger partial charge >= 0.3 is 0 Å². The molecule has 0 saturated carbocycles. The summed E-state index contributed by atoms with van der Waals surface area (Å²) < 4.78 is 1.17. The average molecular weight is 404 g/mol. The van der Waals surface area contributed by atoms with E-state index < -0.39 is 0 Å². The van der Waals surface area contributed by atoms with Crippen LogP contribution in [0.3, 0.4) is 0 Å².